The smallest absolute Gasteiger partial charge is 0.410 e. The van der Waals surface area contributed by atoms with Crippen LogP contribution in [0.3, 0.4) is 0 Å². The monoisotopic (exact) mass is 512 g/mol. The van der Waals surface area contributed by atoms with E-state index < -0.39 is 11.6 Å². The maximum Gasteiger partial charge on any atom is 0.410 e. The fourth-order valence-electron chi connectivity index (χ4n) is 4.04. The van der Waals surface area contributed by atoms with Gasteiger partial charge in [0.1, 0.15) is 17.1 Å². The number of rotatable bonds is 8. The molecule has 0 saturated carbocycles. The van der Waals surface area contributed by atoms with Crippen LogP contribution in [0, 0.1) is 0 Å². The fraction of sp³-hybridized carbons (Fsp3) is 0.464. The third-order valence-electron chi connectivity index (χ3n) is 6.02. The van der Waals surface area contributed by atoms with Crippen molar-refractivity contribution in [3.8, 4) is 11.5 Å². The fourth-order valence-corrected chi connectivity index (χ4v) is 4.04. The Labute approximate surface area is 218 Å². The van der Waals surface area contributed by atoms with E-state index in [1.165, 1.54) is 7.11 Å². The standard InChI is InChI=1S/C28H36N2O7/c1-28(2,3)37-27(33)29-16-14-22(15-17-29)30(18-20-6-10-23(34-4)11-7-20)26(32)21-8-12-24(13-9-21)36-19-25(31)35-5/h6-13,22H,14-19H2,1-5H3. The number of esters is 1. The SMILES string of the molecule is COC(=O)COc1ccc(C(=O)N(Cc2ccc(OC)cc2)C2CCN(C(=O)OC(C)(C)C)CC2)cc1. The van der Waals surface area contributed by atoms with E-state index >= 15 is 0 Å². The Kier molecular flexibility index (Phi) is 9.38. The Bertz CT molecular complexity index is 1050. The maximum atomic E-state index is 13.7. The van der Waals surface area contributed by atoms with Crippen molar-refractivity contribution in [2.75, 3.05) is 33.9 Å². The van der Waals surface area contributed by atoms with Gasteiger partial charge in [-0.25, -0.2) is 9.59 Å². The molecule has 200 valence electrons. The van der Waals surface area contributed by atoms with Gasteiger partial charge in [0.05, 0.1) is 14.2 Å². The second kappa shape index (κ2) is 12.5. The van der Waals surface area contributed by atoms with Crippen LogP contribution < -0.4 is 9.47 Å². The summed E-state index contributed by atoms with van der Waals surface area (Å²) in [4.78, 5) is 41.1. The first-order chi connectivity index (χ1) is 17.6. The minimum atomic E-state index is -0.559. The molecule has 0 unspecified atom stereocenters. The molecule has 1 saturated heterocycles. The minimum Gasteiger partial charge on any atom is -0.497 e. The lowest BCUT2D eigenvalue weighted by molar-refractivity contribution is -0.142. The van der Waals surface area contributed by atoms with Crippen LogP contribution in [0.4, 0.5) is 4.79 Å². The average molecular weight is 513 g/mol. The van der Waals surface area contributed by atoms with E-state index in [4.69, 9.17) is 14.2 Å². The highest BCUT2D eigenvalue weighted by molar-refractivity contribution is 5.94. The maximum absolute atomic E-state index is 13.7. The zero-order valence-corrected chi connectivity index (χ0v) is 22.2. The molecule has 0 bridgehead atoms. The topological polar surface area (TPSA) is 94.6 Å². The van der Waals surface area contributed by atoms with Crippen LogP contribution in [0.2, 0.25) is 0 Å². The zero-order valence-electron chi connectivity index (χ0n) is 22.2. The van der Waals surface area contributed by atoms with E-state index in [9.17, 15) is 14.4 Å². The Hall–Kier alpha value is -3.75. The van der Waals surface area contributed by atoms with Gasteiger partial charge in [0.15, 0.2) is 6.61 Å². The molecule has 1 aliphatic heterocycles. The molecule has 1 fully saturated rings. The van der Waals surface area contributed by atoms with Gasteiger partial charge in [-0.3, -0.25) is 4.79 Å². The van der Waals surface area contributed by atoms with Crippen LogP contribution >= 0.6 is 0 Å². The molecule has 0 spiro atoms. The molecule has 37 heavy (non-hydrogen) atoms. The van der Waals surface area contributed by atoms with Crippen LogP contribution in [0.15, 0.2) is 48.5 Å². The van der Waals surface area contributed by atoms with E-state index in [2.05, 4.69) is 4.74 Å². The average Bonchev–Trinajstić information content (AvgIpc) is 2.89. The van der Waals surface area contributed by atoms with Crippen molar-refractivity contribution in [3.63, 3.8) is 0 Å². The number of carbonyl (C=O) groups excluding carboxylic acids is 3. The van der Waals surface area contributed by atoms with Gasteiger partial charge < -0.3 is 28.7 Å². The van der Waals surface area contributed by atoms with Gasteiger partial charge in [0.2, 0.25) is 0 Å². The number of likely N-dealkylation sites (tertiary alicyclic amines) is 1. The quantitative estimate of drug-likeness (QED) is 0.487. The highest BCUT2D eigenvalue weighted by atomic mass is 16.6. The lowest BCUT2D eigenvalue weighted by atomic mass is 10.0. The molecule has 0 N–H and O–H groups in total. The predicted octanol–water partition coefficient (Wildman–Crippen LogP) is 4.29. The van der Waals surface area contributed by atoms with Gasteiger partial charge in [-0.1, -0.05) is 12.1 Å². The number of benzene rings is 2. The van der Waals surface area contributed by atoms with E-state index in [0.717, 1.165) is 11.3 Å². The first kappa shape index (κ1) is 27.8. The molecule has 0 atom stereocenters. The van der Waals surface area contributed by atoms with Gasteiger partial charge in [-0.15, -0.1) is 0 Å². The van der Waals surface area contributed by atoms with Crippen LogP contribution in [-0.2, 0) is 20.8 Å². The van der Waals surface area contributed by atoms with Crippen molar-refractivity contribution in [3.05, 3.63) is 59.7 Å². The number of amides is 2. The van der Waals surface area contributed by atoms with Crippen molar-refractivity contribution >= 4 is 18.0 Å². The van der Waals surface area contributed by atoms with Crippen LogP contribution in [0.1, 0.15) is 49.5 Å². The summed E-state index contributed by atoms with van der Waals surface area (Å²) >= 11 is 0. The molecule has 9 heteroatoms. The molecule has 0 aromatic heterocycles. The van der Waals surface area contributed by atoms with Crippen molar-refractivity contribution in [2.45, 2.75) is 51.8 Å². The highest BCUT2D eigenvalue weighted by Gasteiger charge is 2.32. The molecule has 0 aliphatic carbocycles. The van der Waals surface area contributed by atoms with Gasteiger partial charge in [-0.2, -0.15) is 0 Å². The van der Waals surface area contributed by atoms with Crippen LogP contribution in [0.25, 0.3) is 0 Å². The van der Waals surface area contributed by atoms with E-state index in [1.54, 1.807) is 36.3 Å². The number of ether oxygens (including phenoxy) is 4. The number of nitrogens with zero attached hydrogens (tertiary/aromatic N) is 2. The molecule has 1 heterocycles. The third kappa shape index (κ3) is 8.13. The van der Waals surface area contributed by atoms with Gasteiger partial charge in [0, 0.05) is 31.2 Å². The van der Waals surface area contributed by atoms with Gasteiger partial charge in [-0.05, 0) is 75.6 Å². The lowest BCUT2D eigenvalue weighted by Crippen LogP contribution is -2.49. The molecule has 2 aromatic carbocycles. The number of carbonyl (C=O) groups is 3. The second-order valence-corrected chi connectivity index (χ2v) is 9.87. The molecule has 9 nitrogen and oxygen atoms in total. The summed E-state index contributed by atoms with van der Waals surface area (Å²) in [5, 5.41) is 0. The van der Waals surface area contributed by atoms with Crippen LogP contribution in [-0.4, -0.2) is 73.3 Å². The van der Waals surface area contributed by atoms with E-state index in [0.29, 0.717) is 43.8 Å². The summed E-state index contributed by atoms with van der Waals surface area (Å²) in [5.74, 6) is 0.610. The highest BCUT2D eigenvalue weighted by Crippen LogP contribution is 2.24. The summed E-state index contributed by atoms with van der Waals surface area (Å²) in [6, 6.07) is 14.3. The molecule has 1 aliphatic rings. The first-order valence-corrected chi connectivity index (χ1v) is 12.3. The first-order valence-electron chi connectivity index (χ1n) is 12.3. The Morgan fingerprint density at radius 2 is 1.51 bits per heavy atom. The summed E-state index contributed by atoms with van der Waals surface area (Å²) in [6.45, 7) is 6.76. The van der Waals surface area contributed by atoms with Crippen molar-refractivity contribution < 1.29 is 33.3 Å². The summed E-state index contributed by atoms with van der Waals surface area (Å²) in [6.07, 6.45) is 0.949. The Morgan fingerprint density at radius 3 is 2.05 bits per heavy atom. The Balaban J connectivity index is 1.74. The zero-order chi connectivity index (χ0) is 27.0. The molecule has 3 rings (SSSR count). The molecular formula is C28H36N2O7. The van der Waals surface area contributed by atoms with E-state index in [1.807, 2.05) is 49.9 Å². The van der Waals surface area contributed by atoms with Gasteiger partial charge in [0.25, 0.3) is 5.91 Å². The predicted molar refractivity (Wildman–Crippen MR) is 138 cm³/mol. The molecule has 2 amide bonds. The molecule has 2 aromatic rings. The summed E-state index contributed by atoms with van der Waals surface area (Å²) < 4.78 is 20.8. The summed E-state index contributed by atoms with van der Waals surface area (Å²) in [5.41, 5.74) is 0.923. The van der Waals surface area contributed by atoms with Gasteiger partial charge >= 0.3 is 12.1 Å². The van der Waals surface area contributed by atoms with Crippen molar-refractivity contribution in [2.24, 2.45) is 0 Å². The van der Waals surface area contributed by atoms with E-state index in [-0.39, 0.29) is 24.6 Å². The van der Waals surface area contributed by atoms with Crippen LogP contribution in [0.5, 0.6) is 11.5 Å². The summed E-state index contributed by atoms with van der Waals surface area (Å²) in [7, 11) is 2.91. The normalized spacial score (nSPS) is 14.0. The minimum absolute atomic E-state index is 0.0523. The Morgan fingerprint density at radius 1 is 0.919 bits per heavy atom. The number of hydrogen-bond acceptors (Lipinski definition) is 7. The second-order valence-electron chi connectivity index (χ2n) is 9.87. The number of piperidine rings is 1. The largest absolute Gasteiger partial charge is 0.497 e. The molecule has 0 radical (unpaired) electrons. The van der Waals surface area contributed by atoms with Crippen molar-refractivity contribution in [1.29, 1.82) is 0 Å². The number of hydrogen-bond donors (Lipinski definition) is 0. The lowest BCUT2D eigenvalue weighted by Gasteiger charge is -2.39. The van der Waals surface area contributed by atoms with Crippen molar-refractivity contribution in [1.82, 2.24) is 9.80 Å². The molecular weight excluding hydrogens is 476 g/mol. The third-order valence-corrected chi connectivity index (χ3v) is 6.02. The number of methoxy groups -OCH3 is 2.